The van der Waals surface area contributed by atoms with E-state index in [0.717, 1.165) is 12.4 Å². The predicted octanol–water partition coefficient (Wildman–Crippen LogP) is 0.762. The van der Waals surface area contributed by atoms with Crippen molar-refractivity contribution in [3.8, 4) is 11.5 Å². The van der Waals surface area contributed by atoms with E-state index >= 15 is 0 Å². The number of nitrogens with zero attached hydrogens (tertiary/aromatic N) is 3. The van der Waals surface area contributed by atoms with Crippen LogP contribution < -0.4 is 20.1 Å². The SMILES string of the molecule is CNC(=O)COc1ccc(C(=O)N2CCNCC2c2nccn2C)cc1OC.Cl. The third kappa shape index (κ3) is 4.99. The smallest absolute Gasteiger partial charge is 0.257 e. The number of ether oxygens (including phenoxy) is 2. The van der Waals surface area contributed by atoms with Crippen molar-refractivity contribution in [2.75, 3.05) is 40.4 Å². The van der Waals surface area contributed by atoms with Gasteiger partial charge in [-0.1, -0.05) is 0 Å². The molecule has 0 bridgehead atoms. The van der Waals surface area contributed by atoms with Crippen molar-refractivity contribution in [1.29, 1.82) is 0 Å². The summed E-state index contributed by atoms with van der Waals surface area (Å²) in [7, 11) is 4.95. The van der Waals surface area contributed by atoms with Crippen LogP contribution >= 0.6 is 12.4 Å². The number of imidazole rings is 1. The van der Waals surface area contributed by atoms with Crippen molar-refractivity contribution < 1.29 is 19.1 Å². The molecule has 1 fully saturated rings. The van der Waals surface area contributed by atoms with Crippen LogP contribution in [0.5, 0.6) is 11.5 Å². The Morgan fingerprint density at radius 3 is 2.79 bits per heavy atom. The fourth-order valence-electron chi connectivity index (χ4n) is 3.18. The van der Waals surface area contributed by atoms with Gasteiger partial charge < -0.3 is 29.6 Å². The second kappa shape index (κ2) is 10.1. The van der Waals surface area contributed by atoms with Crippen molar-refractivity contribution in [2.45, 2.75) is 6.04 Å². The number of piperazine rings is 1. The second-order valence-electron chi connectivity index (χ2n) is 6.44. The van der Waals surface area contributed by atoms with Crippen LogP contribution in [0.4, 0.5) is 0 Å². The fourth-order valence-corrected chi connectivity index (χ4v) is 3.18. The zero-order valence-electron chi connectivity index (χ0n) is 16.7. The molecular formula is C19H26ClN5O4. The molecule has 1 unspecified atom stereocenters. The number of benzene rings is 1. The van der Waals surface area contributed by atoms with Crippen molar-refractivity contribution in [3.63, 3.8) is 0 Å². The quantitative estimate of drug-likeness (QED) is 0.712. The lowest BCUT2D eigenvalue weighted by molar-refractivity contribution is -0.122. The monoisotopic (exact) mass is 423 g/mol. The summed E-state index contributed by atoms with van der Waals surface area (Å²) in [5.41, 5.74) is 0.491. The van der Waals surface area contributed by atoms with E-state index in [0.29, 0.717) is 30.2 Å². The number of aryl methyl sites for hydroxylation is 1. The molecule has 2 heterocycles. The number of rotatable bonds is 6. The zero-order chi connectivity index (χ0) is 20.1. The molecule has 158 valence electrons. The van der Waals surface area contributed by atoms with Gasteiger partial charge in [-0.25, -0.2) is 4.98 Å². The van der Waals surface area contributed by atoms with Gasteiger partial charge in [-0.05, 0) is 18.2 Å². The fraction of sp³-hybridized carbons (Fsp3) is 0.421. The highest BCUT2D eigenvalue weighted by atomic mass is 35.5. The minimum absolute atomic E-state index is 0. The Balaban J connectivity index is 0.00000300. The Kier molecular flexibility index (Phi) is 7.86. The first kappa shape index (κ1) is 22.5. The largest absolute Gasteiger partial charge is 0.493 e. The molecule has 0 radical (unpaired) electrons. The molecule has 1 aromatic heterocycles. The summed E-state index contributed by atoms with van der Waals surface area (Å²) in [4.78, 5) is 30.8. The lowest BCUT2D eigenvalue weighted by Crippen LogP contribution is -2.49. The normalized spacial score (nSPS) is 16.0. The van der Waals surface area contributed by atoms with Gasteiger partial charge in [0.25, 0.3) is 11.8 Å². The lowest BCUT2D eigenvalue weighted by atomic mass is 10.1. The standard InChI is InChI=1S/C19H25N5O4.ClH/c1-20-17(25)12-28-15-5-4-13(10-16(15)27-3)19(26)24-9-6-21-11-14(24)18-22-7-8-23(18)2;/h4-5,7-8,10,14,21H,6,9,11-12H2,1-3H3,(H,20,25);1H. The first-order chi connectivity index (χ1) is 13.5. The Morgan fingerprint density at radius 2 is 2.14 bits per heavy atom. The van der Waals surface area contributed by atoms with Crippen LogP contribution in [0.15, 0.2) is 30.6 Å². The van der Waals surface area contributed by atoms with Gasteiger partial charge in [-0.2, -0.15) is 0 Å². The number of methoxy groups -OCH3 is 1. The average molecular weight is 424 g/mol. The molecule has 2 N–H and O–H groups in total. The highest BCUT2D eigenvalue weighted by Crippen LogP contribution is 2.30. The number of hydrogen-bond acceptors (Lipinski definition) is 6. The van der Waals surface area contributed by atoms with E-state index in [4.69, 9.17) is 9.47 Å². The van der Waals surface area contributed by atoms with E-state index in [1.165, 1.54) is 14.2 Å². The van der Waals surface area contributed by atoms with E-state index in [2.05, 4.69) is 15.6 Å². The molecule has 0 spiro atoms. The molecule has 29 heavy (non-hydrogen) atoms. The Labute approximate surface area is 175 Å². The average Bonchev–Trinajstić information content (AvgIpc) is 3.16. The number of aromatic nitrogens is 2. The van der Waals surface area contributed by atoms with Gasteiger partial charge in [0.1, 0.15) is 11.9 Å². The van der Waals surface area contributed by atoms with E-state index < -0.39 is 0 Å². The number of carbonyl (C=O) groups excluding carboxylic acids is 2. The van der Waals surface area contributed by atoms with Crippen LogP contribution in [0, 0.1) is 0 Å². The van der Waals surface area contributed by atoms with E-state index in [1.807, 2.05) is 22.7 Å². The minimum Gasteiger partial charge on any atom is -0.493 e. The zero-order valence-corrected chi connectivity index (χ0v) is 17.5. The molecule has 1 saturated heterocycles. The van der Waals surface area contributed by atoms with E-state index in [-0.39, 0.29) is 36.9 Å². The molecule has 2 aromatic rings. The van der Waals surface area contributed by atoms with Gasteiger partial charge >= 0.3 is 0 Å². The van der Waals surface area contributed by atoms with Crippen molar-refractivity contribution in [2.24, 2.45) is 7.05 Å². The molecule has 0 aliphatic carbocycles. The van der Waals surface area contributed by atoms with Crippen molar-refractivity contribution in [3.05, 3.63) is 42.0 Å². The second-order valence-corrected chi connectivity index (χ2v) is 6.44. The summed E-state index contributed by atoms with van der Waals surface area (Å²) < 4.78 is 12.7. The molecule has 1 aliphatic heterocycles. The number of hydrogen-bond donors (Lipinski definition) is 2. The van der Waals surface area contributed by atoms with Crippen LogP contribution in [0.1, 0.15) is 22.2 Å². The lowest BCUT2D eigenvalue weighted by Gasteiger charge is -2.35. The third-order valence-corrected chi connectivity index (χ3v) is 4.71. The summed E-state index contributed by atoms with van der Waals surface area (Å²) >= 11 is 0. The number of halogens is 1. The molecule has 2 amide bonds. The van der Waals surface area contributed by atoms with E-state index in [9.17, 15) is 9.59 Å². The first-order valence-corrected chi connectivity index (χ1v) is 9.05. The van der Waals surface area contributed by atoms with Crippen LogP contribution in [0.2, 0.25) is 0 Å². The molecule has 10 heteroatoms. The van der Waals surface area contributed by atoms with Gasteiger partial charge in [0.2, 0.25) is 0 Å². The number of nitrogens with one attached hydrogen (secondary N) is 2. The van der Waals surface area contributed by atoms with Crippen LogP contribution in [0.25, 0.3) is 0 Å². The summed E-state index contributed by atoms with van der Waals surface area (Å²) in [6, 6.07) is 4.81. The minimum atomic E-state index is -0.249. The van der Waals surface area contributed by atoms with Gasteiger partial charge in [-0.15, -0.1) is 12.4 Å². The molecule has 1 atom stereocenters. The van der Waals surface area contributed by atoms with Crippen molar-refractivity contribution >= 4 is 24.2 Å². The molecule has 9 nitrogen and oxygen atoms in total. The number of likely N-dealkylation sites (N-methyl/N-ethyl adjacent to an activating group) is 1. The Bertz CT molecular complexity index is 857. The number of carbonyl (C=O) groups is 2. The molecule has 1 aliphatic rings. The van der Waals surface area contributed by atoms with Crippen molar-refractivity contribution in [1.82, 2.24) is 25.1 Å². The van der Waals surface area contributed by atoms with Crippen LogP contribution in [-0.2, 0) is 11.8 Å². The van der Waals surface area contributed by atoms with Gasteiger partial charge in [0.15, 0.2) is 18.1 Å². The summed E-state index contributed by atoms with van der Waals surface area (Å²) in [5.74, 6) is 1.28. The van der Waals surface area contributed by atoms with Crippen LogP contribution in [-0.4, -0.2) is 66.7 Å². The van der Waals surface area contributed by atoms with E-state index in [1.54, 1.807) is 24.4 Å². The van der Waals surface area contributed by atoms with Crippen LogP contribution in [0.3, 0.4) is 0 Å². The topological polar surface area (TPSA) is 97.7 Å². The molecule has 0 saturated carbocycles. The van der Waals surface area contributed by atoms with Gasteiger partial charge in [0, 0.05) is 51.7 Å². The summed E-state index contributed by atoms with van der Waals surface area (Å²) in [6.07, 6.45) is 3.60. The summed E-state index contributed by atoms with van der Waals surface area (Å²) in [5, 5.41) is 5.81. The van der Waals surface area contributed by atoms with Gasteiger partial charge in [0.05, 0.1) is 7.11 Å². The molecular weight excluding hydrogens is 398 g/mol. The first-order valence-electron chi connectivity index (χ1n) is 9.05. The maximum atomic E-state index is 13.2. The number of amides is 2. The highest BCUT2D eigenvalue weighted by Gasteiger charge is 2.31. The molecule has 1 aromatic carbocycles. The Morgan fingerprint density at radius 1 is 1.34 bits per heavy atom. The summed E-state index contributed by atoms with van der Waals surface area (Å²) in [6.45, 7) is 1.81. The Hall–Kier alpha value is -2.78. The predicted molar refractivity (Wildman–Crippen MR) is 110 cm³/mol. The third-order valence-electron chi connectivity index (χ3n) is 4.71. The molecule has 3 rings (SSSR count). The maximum Gasteiger partial charge on any atom is 0.257 e. The van der Waals surface area contributed by atoms with Gasteiger partial charge in [-0.3, -0.25) is 9.59 Å². The maximum absolute atomic E-state index is 13.2. The highest BCUT2D eigenvalue weighted by molar-refractivity contribution is 5.95.